The predicted octanol–water partition coefficient (Wildman–Crippen LogP) is 1.07. The number of ether oxygens (including phenoxy) is 3. The molecule has 0 aromatic heterocycles. The minimum absolute atomic E-state index is 0.172. The van der Waals surface area contributed by atoms with Crippen molar-refractivity contribution in [1.82, 2.24) is 4.90 Å². The highest BCUT2D eigenvalue weighted by molar-refractivity contribution is 6.19. The molecule has 2 N–H and O–H groups in total. The van der Waals surface area contributed by atoms with Crippen LogP contribution in [0.4, 0.5) is 0 Å². The number of nitriles is 1. The van der Waals surface area contributed by atoms with Crippen LogP contribution in [0.3, 0.4) is 0 Å². The molecule has 0 unspecified atom stereocenters. The maximum absolute atomic E-state index is 13.9. The molecule has 154 valence electrons. The Labute approximate surface area is 172 Å². The zero-order chi connectivity index (χ0) is 21.8. The third-order valence-corrected chi connectivity index (χ3v) is 5.85. The average molecular weight is 409 g/mol. The number of nitrogens with zero attached hydrogens (tertiary/aromatic N) is 2. The van der Waals surface area contributed by atoms with Crippen molar-refractivity contribution < 1.29 is 28.6 Å². The van der Waals surface area contributed by atoms with Gasteiger partial charge in [-0.25, -0.2) is 9.59 Å². The van der Waals surface area contributed by atoms with Crippen LogP contribution >= 0.6 is 0 Å². The second-order valence-corrected chi connectivity index (χ2v) is 7.08. The number of methoxy groups -OCH3 is 2. The van der Waals surface area contributed by atoms with E-state index in [-0.39, 0.29) is 34.8 Å². The lowest BCUT2D eigenvalue weighted by Gasteiger charge is -2.41. The van der Waals surface area contributed by atoms with E-state index in [0.717, 1.165) is 7.11 Å². The Balaban J connectivity index is 2.22. The van der Waals surface area contributed by atoms with Crippen molar-refractivity contribution in [2.75, 3.05) is 20.8 Å². The normalized spacial score (nSPS) is 26.1. The van der Waals surface area contributed by atoms with Gasteiger partial charge in [-0.2, -0.15) is 5.26 Å². The van der Waals surface area contributed by atoms with E-state index in [4.69, 9.17) is 19.9 Å². The van der Waals surface area contributed by atoms with Gasteiger partial charge in [0.15, 0.2) is 11.2 Å². The van der Waals surface area contributed by atoms with Crippen LogP contribution in [-0.2, 0) is 29.5 Å². The first-order valence-electron chi connectivity index (χ1n) is 9.31. The number of hydrogen-bond donors (Lipinski definition) is 1. The van der Waals surface area contributed by atoms with E-state index in [1.807, 2.05) is 13.0 Å². The molecule has 3 aliphatic rings. The number of ketones is 1. The highest BCUT2D eigenvalue weighted by atomic mass is 16.6. The molecule has 1 aliphatic carbocycles. The van der Waals surface area contributed by atoms with Gasteiger partial charge >= 0.3 is 11.9 Å². The van der Waals surface area contributed by atoms with E-state index in [1.165, 1.54) is 12.0 Å². The van der Waals surface area contributed by atoms with Gasteiger partial charge in [0.05, 0.1) is 19.8 Å². The van der Waals surface area contributed by atoms with Crippen LogP contribution in [0, 0.1) is 16.7 Å². The summed E-state index contributed by atoms with van der Waals surface area (Å²) in [6.45, 7) is 2.09. The second-order valence-electron chi connectivity index (χ2n) is 7.08. The Morgan fingerprint density at radius 2 is 1.90 bits per heavy atom. The molecule has 0 saturated heterocycles. The van der Waals surface area contributed by atoms with Crippen LogP contribution in [-0.4, -0.2) is 43.4 Å². The third-order valence-electron chi connectivity index (χ3n) is 5.85. The van der Waals surface area contributed by atoms with E-state index in [2.05, 4.69) is 0 Å². The Morgan fingerprint density at radius 3 is 2.50 bits per heavy atom. The molecule has 0 saturated carbocycles. The van der Waals surface area contributed by atoms with Crippen molar-refractivity contribution in [3.63, 3.8) is 0 Å². The first-order chi connectivity index (χ1) is 14.4. The Morgan fingerprint density at radius 1 is 1.23 bits per heavy atom. The number of rotatable bonds is 4. The fraction of sp³-hybridized carbons (Fsp3) is 0.333. The number of carbonyl (C=O) groups is 3. The first kappa shape index (κ1) is 19.5. The van der Waals surface area contributed by atoms with Crippen molar-refractivity contribution in [2.45, 2.75) is 19.1 Å². The van der Waals surface area contributed by atoms with Crippen molar-refractivity contribution in [3.8, 4) is 6.07 Å². The van der Waals surface area contributed by atoms with E-state index in [1.54, 1.807) is 24.3 Å². The molecule has 9 nitrogen and oxygen atoms in total. The standard InChI is InChI=1S/C21H19N3O6/c1-4-9-24-15(19(27)29-3)14(18(26)28-2)20-13(10-22)17(23)30-21(20,24)12-8-6-5-7-11(12)16(20)25/h5-8H,4,9,23H2,1-3H3/t20-,21-/m1/s1. The van der Waals surface area contributed by atoms with Crippen LogP contribution in [0.25, 0.3) is 0 Å². The number of carbonyl (C=O) groups excluding carboxylic acids is 3. The molecule has 9 heteroatoms. The maximum Gasteiger partial charge on any atom is 0.355 e. The molecule has 2 atom stereocenters. The molecule has 0 radical (unpaired) electrons. The van der Waals surface area contributed by atoms with Gasteiger partial charge in [-0.05, 0) is 6.42 Å². The van der Waals surface area contributed by atoms with Crippen molar-refractivity contribution in [3.05, 3.63) is 58.1 Å². The number of fused-ring (bicyclic) bond motifs is 1. The fourth-order valence-electron chi connectivity index (χ4n) is 4.92. The van der Waals surface area contributed by atoms with Gasteiger partial charge in [0.1, 0.15) is 17.3 Å². The van der Waals surface area contributed by atoms with Crippen LogP contribution < -0.4 is 5.73 Å². The summed E-state index contributed by atoms with van der Waals surface area (Å²) < 4.78 is 16.0. The van der Waals surface area contributed by atoms with E-state index >= 15 is 0 Å². The summed E-state index contributed by atoms with van der Waals surface area (Å²) >= 11 is 0. The van der Waals surface area contributed by atoms with Gasteiger partial charge in [0.2, 0.25) is 11.6 Å². The molecule has 2 heterocycles. The SMILES string of the molecule is CCCN1C(C(=O)OC)=C(C(=O)OC)[C@]23C(=O)c4ccccc4[C@]12OC(N)=C3C#N. The highest BCUT2D eigenvalue weighted by Crippen LogP contribution is 2.70. The van der Waals surface area contributed by atoms with Crippen LogP contribution in [0.2, 0.25) is 0 Å². The summed E-state index contributed by atoms with van der Waals surface area (Å²) in [5.74, 6) is -2.61. The lowest BCUT2D eigenvalue weighted by molar-refractivity contribution is -0.149. The summed E-state index contributed by atoms with van der Waals surface area (Å²) in [5, 5.41) is 9.96. The molecule has 0 fully saturated rings. The lowest BCUT2D eigenvalue weighted by atomic mass is 9.68. The zero-order valence-electron chi connectivity index (χ0n) is 16.6. The molecule has 1 aromatic rings. The molecule has 0 spiro atoms. The highest BCUT2D eigenvalue weighted by Gasteiger charge is 2.81. The van der Waals surface area contributed by atoms with E-state index in [9.17, 15) is 19.6 Å². The average Bonchev–Trinajstić information content (AvgIpc) is 3.24. The van der Waals surface area contributed by atoms with Gasteiger partial charge in [0, 0.05) is 17.7 Å². The summed E-state index contributed by atoms with van der Waals surface area (Å²) in [5.41, 5.74) is 2.38. The minimum atomic E-state index is -1.97. The largest absolute Gasteiger partial charge is 0.466 e. The molecule has 1 aromatic carbocycles. The third kappa shape index (κ3) is 1.84. The Kier molecular flexibility index (Phi) is 4.13. The van der Waals surface area contributed by atoms with E-state index < -0.39 is 28.9 Å². The summed E-state index contributed by atoms with van der Waals surface area (Å²) in [7, 11) is 2.30. The molecule has 30 heavy (non-hydrogen) atoms. The Hall–Kier alpha value is -3.80. The van der Waals surface area contributed by atoms with Crippen molar-refractivity contribution >= 4 is 17.7 Å². The molecule has 2 aliphatic heterocycles. The summed E-state index contributed by atoms with van der Waals surface area (Å²) in [4.78, 5) is 41.3. The van der Waals surface area contributed by atoms with Gasteiger partial charge < -0.3 is 24.8 Å². The van der Waals surface area contributed by atoms with Gasteiger partial charge in [-0.3, -0.25) is 4.79 Å². The topological polar surface area (TPSA) is 132 Å². The summed E-state index contributed by atoms with van der Waals surface area (Å²) in [6, 6.07) is 8.59. The maximum atomic E-state index is 13.9. The molecular weight excluding hydrogens is 390 g/mol. The number of esters is 2. The van der Waals surface area contributed by atoms with Crippen molar-refractivity contribution in [1.29, 1.82) is 5.26 Å². The van der Waals surface area contributed by atoms with Crippen LogP contribution in [0.1, 0.15) is 29.3 Å². The summed E-state index contributed by atoms with van der Waals surface area (Å²) in [6.07, 6.45) is 0.536. The van der Waals surface area contributed by atoms with Gasteiger partial charge in [-0.1, -0.05) is 31.2 Å². The van der Waals surface area contributed by atoms with Crippen molar-refractivity contribution in [2.24, 2.45) is 11.1 Å². The minimum Gasteiger partial charge on any atom is -0.466 e. The Bertz CT molecular complexity index is 1110. The van der Waals surface area contributed by atoms with Crippen LogP contribution in [0.15, 0.2) is 47.0 Å². The monoisotopic (exact) mass is 409 g/mol. The fourth-order valence-corrected chi connectivity index (χ4v) is 4.92. The molecular formula is C21H19N3O6. The smallest absolute Gasteiger partial charge is 0.355 e. The molecule has 0 bridgehead atoms. The van der Waals surface area contributed by atoms with Gasteiger partial charge in [-0.15, -0.1) is 0 Å². The predicted molar refractivity (Wildman–Crippen MR) is 101 cm³/mol. The van der Waals surface area contributed by atoms with Crippen LogP contribution in [0.5, 0.6) is 0 Å². The quantitative estimate of drug-likeness (QED) is 0.725. The number of nitrogens with two attached hydrogens (primary N) is 1. The van der Waals surface area contributed by atoms with Gasteiger partial charge in [0.25, 0.3) is 0 Å². The van der Waals surface area contributed by atoms with E-state index in [0.29, 0.717) is 12.0 Å². The molecule has 0 amide bonds. The lowest BCUT2D eigenvalue weighted by Crippen LogP contribution is -2.52. The number of benzene rings is 1. The number of Topliss-reactive ketones (excluding diaryl/α,β-unsaturated/α-hetero) is 1. The first-order valence-corrected chi connectivity index (χ1v) is 9.31. The molecule has 4 rings (SSSR count). The second kappa shape index (κ2) is 6.35. The zero-order valence-corrected chi connectivity index (χ0v) is 16.6. The number of hydrogen-bond acceptors (Lipinski definition) is 9.